The highest BCUT2D eigenvalue weighted by molar-refractivity contribution is 5.85. The van der Waals surface area contributed by atoms with Crippen molar-refractivity contribution in [2.75, 3.05) is 5.32 Å². The molecule has 0 atom stereocenters. The Kier molecular flexibility index (Phi) is 4.79. The number of pyridine rings is 1. The molecule has 2 N–H and O–H groups in total. The zero-order chi connectivity index (χ0) is 11.4. The fraction of sp³-hybridized carbons (Fsp3) is 0.154. The molecule has 0 saturated carbocycles. The number of anilines is 1. The average Bonchev–Trinajstić information content (AvgIpc) is 2.27. The van der Waals surface area contributed by atoms with E-state index in [1.165, 1.54) is 5.56 Å². The lowest BCUT2D eigenvalue weighted by Gasteiger charge is -2.06. The summed E-state index contributed by atoms with van der Waals surface area (Å²) in [6.45, 7) is 2.69. The van der Waals surface area contributed by atoms with Crippen LogP contribution in [0.1, 0.15) is 11.1 Å². The maximum Gasteiger partial charge on any atom is 0.126 e. The second-order valence-electron chi connectivity index (χ2n) is 3.74. The van der Waals surface area contributed by atoms with E-state index in [0.29, 0.717) is 6.54 Å². The Morgan fingerprint density at radius 3 is 2.76 bits per heavy atom. The molecule has 0 aliphatic heterocycles. The Morgan fingerprint density at radius 1 is 1.24 bits per heavy atom. The van der Waals surface area contributed by atoms with Crippen LogP contribution in [0.3, 0.4) is 0 Å². The number of aromatic nitrogens is 1. The van der Waals surface area contributed by atoms with Gasteiger partial charge in [-0.2, -0.15) is 0 Å². The van der Waals surface area contributed by atoms with E-state index < -0.39 is 0 Å². The fourth-order valence-electron chi connectivity index (χ4n) is 1.49. The molecule has 4 heteroatoms. The van der Waals surface area contributed by atoms with E-state index in [9.17, 15) is 5.11 Å². The Hall–Kier alpha value is -1.74. The minimum absolute atomic E-state index is 0. The molecule has 0 aliphatic carbocycles. The number of benzene rings is 1. The molecule has 2 aromatic rings. The van der Waals surface area contributed by atoms with Crippen LogP contribution in [0, 0.1) is 6.92 Å². The van der Waals surface area contributed by atoms with Crippen LogP contribution in [0.4, 0.5) is 5.82 Å². The van der Waals surface area contributed by atoms with Gasteiger partial charge in [0.25, 0.3) is 0 Å². The molecule has 1 aromatic carbocycles. The number of rotatable bonds is 3. The number of phenolic OH excluding ortho intramolecular Hbond substituents is 1. The molecule has 0 bridgehead atoms. The molecule has 0 aliphatic rings. The Labute approximate surface area is 107 Å². The molecule has 0 fully saturated rings. The lowest BCUT2D eigenvalue weighted by molar-refractivity contribution is 0.474. The predicted octanol–water partition coefficient (Wildman–Crippen LogP) is 3.13. The van der Waals surface area contributed by atoms with Crippen molar-refractivity contribution in [3.63, 3.8) is 0 Å². The number of phenols is 1. The molecule has 90 valence electrons. The van der Waals surface area contributed by atoms with Gasteiger partial charge in [-0.25, -0.2) is 4.98 Å². The van der Waals surface area contributed by atoms with Gasteiger partial charge in [-0.3, -0.25) is 0 Å². The standard InChI is InChI=1S/C13H14N2O.ClH/c1-10-5-6-14-13(7-10)15-9-11-3-2-4-12(16)8-11;/h2-8,16H,9H2,1H3,(H,14,15);1H. The SMILES string of the molecule is Cc1ccnc(NCc2cccc(O)c2)c1.Cl. The summed E-state index contributed by atoms with van der Waals surface area (Å²) in [6.07, 6.45) is 1.78. The molecule has 1 heterocycles. The first-order valence-electron chi connectivity index (χ1n) is 5.18. The van der Waals surface area contributed by atoms with Gasteiger partial charge in [0.15, 0.2) is 0 Å². The molecule has 0 spiro atoms. The van der Waals surface area contributed by atoms with Crippen LogP contribution in [0.25, 0.3) is 0 Å². The van der Waals surface area contributed by atoms with Crippen molar-refractivity contribution < 1.29 is 5.11 Å². The van der Waals surface area contributed by atoms with Gasteiger partial charge >= 0.3 is 0 Å². The third kappa shape index (κ3) is 3.96. The zero-order valence-corrected chi connectivity index (χ0v) is 10.4. The van der Waals surface area contributed by atoms with Gasteiger partial charge in [0.1, 0.15) is 11.6 Å². The highest BCUT2D eigenvalue weighted by atomic mass is 35.5. The summed E-state index contributed by atoms with van der Waals surface area (Å²) in [6, 6.07) is 11.1. The number of aromatic hydroxyl groups is 1. The summed E-state index contributed by atoms with van der Waals surface area (Å²) in [5, 5.41) is 12.5. The second kappa shape index (κ2) is 6.11. The largest absolute Gasteiger partial charge is 0.508 e. The number of hydrogen-bond donors (Lipinski definition) is 2. The van der Waals surface area contributed by atoms with Crippen molar-refractivity contribution in [1.82, 2.24) is 4.98 Å². The minimum atomic E-state index is 0. The lowest BCUT2D eigenvalue weighted by atomic mass is 10.2. The number of halogens is 1. The molecule has 0 unspecified atom stereocenters. The molecular weight excluding hydrogens is 236 g/mol. The summed E-state index contributed by atoms with van der Waals surface area (Å²) >= 11 is 0. The number of nitrogens with zero attached hydrogens (tertiary/aromatic N) is 1. The van der Waals surface area contributed by atoms with E-state index in [-0.39, 0.29) is 18.2 Å². The summed E-state index contributed by atoms with van der Waals surface area (Å²) in [5.41, 5.74) is 2.21. The lowest BCUT2D eigenvalue weighted by Crippen LogP contribution is -2.01. The van der Waals surface area contributed by atoms with Gasteiger partial charge in [0.2, 0.25) is 0 Å². The smallest absolute Gasteiger partial charge is 0.126 e. The fourth-order valence-corrected chi connectivity index (χ4v) is 1.49. The Bertz CT molecular complexity index is 443. The van der Waals surface area contributed by atoms with Gasteiger partial charge in [-0.05, 0) is 42.3 Å². The van der Waals surface area contributed by atoms with Crippen LogP contribution in [0.15, 0.2) is 42.6 Å². The van der Waals surface area contributed by atoms with Gasteiger partial charge in [-0.1, -0.05) is 12.1 Å². The van der Waals surface area contributed by atoms with Crippen LogP contribution < -0.4 is 5.32 Å². The van der Waals surface area contributed by atoms with Crippen LogP contribution in [0.5, 0.6) is 5.75 Å². The van der Waals surface area contributed by atoms with Gasteiger partial charge in [0, 0.05) is 12.7 Å². The van der Waals surface area contributed by atoms with Crippen molar-refractivity contribution in [2.45, 2.75) is 13.5 Å². The van der Waals surface area contributed by atoms with Crippen molar-refractivity contribution in [3.05, 3.63) is 53.7 Å². The highest BCUT2D eigenvalue weighted by Crippen LogP contribution is 2.12. The maximum atomic E-state index is 9.31. The minimum Gasteiger partial charge on any atom is -0.508 e. The molecule has 3 nitrogen and oxygen atoms in total. The average molecular weight is 251 g/mol. The number of nitrogens with one attached hydrogen (secondary N) is 1. The van der Waals surface area contributed by atoms with E-state index in [1.807, 2.05) is 31.2 Å². The van der Waals surface area contributed by atoms with E-state index in [1.54, 1.807) is 18.3 Å². The predicted molar refractivity (Wildman–Crippen MR) is 71.7 cm³/mol. The van der Waals surface area contributed by atoms with Crippen LogP contribution in [-0.2, 0) is 6.54 Å². The molecule has 2 rings (SSSR count). The van der Waals surface area contributed by atoms with Crippen molar-refractivity contribution in [3.8, 4) is 5.75 Å². The Morgan fingerprint density at radius 2 is 2.06 bits per heavy atom. The van der Waals surface area contributed by atoms with Crippen LogP contribution in [-0.4, -0.2) is 10.1 Å². The Balaban J connectivity index is 0.00000144. The molecular formula is C13H15ClN2O. The summed E-state index contributed by atoms with van der Waals surface area (Å²) in [5.74, 6) is 1.14. The van der Waals surface area contributed by atoms with E-state index in [0.717, 1.165) is 11.4 Å². The normalized spacial score (nSPS) is 9.47. The first-order chi connectivity index (χ1) is 7.74. The molecule has 1 aromatic heterocycles. The quantitative estimate of drug-likeness (QED) is 0.880. The maximum absolute atomic E-state index is 9.31. The van der Waals surface area contributed by atoms with E-state index >= 15 is 0 Å². The second-order valence-corrected chi connectivity index (χ2v) is 3.74. The summed E-state index contributed by atoms with van der Waals surface area (Å²) in [4.78, 5) is 4.20. The van der Waals surface area contributed by atoms with E-state index in [2.05, 4.69) is 10.3 Å². The third-order valence-electron chi connectivity index (χ3n) is 2.30. The summed E-state index contributed by atoms with van der Waals surface area (Å²) < 4.78 is 0. The van der Waals surface area contributed by atoms with Crippen LogP contribution in [0.2, 0.25) is 0 Å². The van der Waals surface area contributed by atoms with Crippen molar-refractivity contribution in [2.24, 2.45) is 0 Å². The van der Waals surface area contributed by atoms with Gasteiger partial charge in [-0.15, -0.1) is 12.4 Å². The molecule has 0 saturated heterocycles. The highest BCUT2D eigenvalue weighted by Gasteiger charge is 1.96. The van der Waals surface area contributed by atoms with Gasteiger partial charge < -0.3 is 10.4 Å². The van der Waals surface area contributed by atoms with Gasteiger partial charge in [0.05, 0.1) is 0 Å². The van der Waals surface area contributed by atoms with Crippen LogP contribution >= 0.6 is 12.4 Å². The summed E-state index contributed by atoms with van der Waals surface area (Å²) in [7, 11) is 0. The third-order valence-corrected chi connectivity index (χ3v) is 2.30. The molecule has 17 heavy (non-hydrogen) atoms. The monoisotopic (exact) mass is 250 g/mol. The molecule has 0 amide bonds. The topological polar surface area (TPSA) is 45.2 Å². The molecule has 0 radical (unpaired) electrons. The number of hydrogen-bond acceptors (Lipinski definition) is 3. The van der Waals surface area contributed by atoms with Crippen molar-refractivity contribution >= 4 is 18.2 Å². The first-order valence-corrected chi connectivity index (χ1v) is 5.18. The van der Waals surface area contributed by atoms with E-state index in [4.69, 9.17) is 0 Å². The first kappa shape index (κ1) is 13.3. The zero-order valence-electron chi connectivity index (χ0n) is 9.55. The number of aryl methyl sites for hydroxylation is 1. The van der Waals surface area contributed by atoms with Crippen molar-refractivity contribution in [1.29, 1.82) is 0 Å².